The van der Waals surface area contributed by atoms with Crippen molar-refractivity contribution < 1.29 is 8.42 Å². The Balaban J connectivity index is 2.22. The molecule has 0 fully saturated rings. The molecule has 8 nitrogen and oxygen atoms in total. The van der Waals surface area contributed by atoms with Crippen molar-refractivity contribution in [1.82, 2.24) is 14.1 Å². The molecule has 0 bridgehead atoms. The van der Waals surface area contributed by atoms with E-state index in [-0.39, 0.29) is 6.54 Å². The summed E-state index contributed by atoms with van der Waals surface area (Å²) >= 11 is 0. The summed E-state index contributed by atoms with van der Waals surface area (Å²) in [6, 6.07) is 1.60. The van der Waals surface area contributed by atoms with Crippen molar-refractivity contribution in [2.75, 3.05) is 10.8 Å². The fourth-order valence-corrected chi connectivity index (χ4v) is 4.17. The van der Waals surface area contributed by atoms with E-state index in [2.05, 4.69) is 4.98 Å². The average Bonchev–Trinajstić information content (AvgIpc) is 2.93. The smallest absolute Gasteiger partial charge is 0.302 e. The highest BCUT2D eigenvalue weighted by Crippen LogP contribution is 2.30. The molecule has 9 heteroatoms. The molecular weight excluding hydrogens is 308 g/mol. The van der Waals surface area contributed by atoms with Gasteiger partial charge < -0.3 is 4.57 Å². The maximum atomic E-state index is 12.8. The molecule has 1 aliphatic heterocycles. The first-order valence-corrected chi connectivity index (χ1v) is 8.00. The molecule has 2 aromatic rings. The predicted octanol–water partition coefficient (Wildman–Crippen LogP) is -0.770. The standard InChI is InChI=1S/C13H14N4O4S/c1-15-8-11(12(18)16(2)13(15)19)22(20,21)17-6-4-9-7-14-5-3-10(9)17/h3,5,7-8H,4,6H2,1-2H3. The molecule has 0 spiro atoms. The molecule has 0 saturated carbocycles. The lowest BCUT2D eigenvalue weighted by Crippen LogP contribution is -2.42. The number of aryl methyl sites for hydroxylation is 1. The van der Waals surface area contributed by atoms with E-state index >= 15 is 0 Å². The maximum Gasteiger partial charge on any atom is 0.330 e. The fourth-order valence-electron chi connectivity index (χ4n) is 2.52. The normalized spacial score (nSPS) is 14.2. The zero-order chi connectivity index (χ0) is 16.1. The Kier molecular flexibility index (Phi) is 3.17. The van der Waals surface area contributed by atoms with E-state index in [1.807, 2.05) is 0 Å². The second kappa shape index (κ2) is 4.80. The van der Waals surface area contributed by atoms with Crippen LogP contribution in [0.3, 0.4) is 0 Å². The quantitative estimate of drug-likeness (QED) is 0.724. The van der Waals surface area contributed by atoms with Crippen molar-refractivity contribution in [1.29, 1.82) is 0 Å². The Hall–Kier alpha value is -2.42. The topological polar surface area (TPSA) is 94.3 Å². The second-order valence-electron chi connectivity index (χ2n) is 5.08. The van der Waals surface area contributed by atoms with Crippen molar-refractivity contribution in [3.8, 4) is 0 Å². The van der Waals surface area contributed by atoms with Gasteiger partial charge in [-0.25, -0.2) is 13.2 Å². The van der Waals surface area contributed by atoms with E-state index in [0.717, 1.165) is 20.9 Å². The van der Waals surface area contributed by atoms with E-state index in [1.165, 1.54) is 24.6 Å². The molecule has 0 saturated heterocycles. The molecule has 0 N–H and O–H groups in total. The van der Waals surface area contributed by atoms with Gasteiger partial charge in [0, 0.05) is 39.2 Å². The van der Waals surface area contributed by atoms with Gasteiger partial charge in [-0.05, 0) is 18.1 Å². The SMILES string of the molecule is Cn1cc(S(=O)(=O)N2CCc3cnccc32)c(=O)n(C)c1=O. The third-order valence-corrected chi connectivity index (χ3v) is 5.51. The Morgan fingerprint density at radius 3 is 2.68 bits per heavy atom. The van der Waals surface area contributed by atoms with Crippen LogP contribution in [-0.2, 0) is 30.5 Å². The summed E-state index contributed by atoms with van der Waals surface area (Å²) < 4.78 is 28.7. The molecule has 0 atom stereocenters. The molecule has 3 heterocycles. The molecule has 1 aliphatic rings. The van der Waals surface area contributed by atoms with Crippen molar-refractivity contribution in [3.63, 3.8) is 0 Å². The van der Waals surface area contributed by atoms with E-state index in [1.54, 1.807) is 12.3 Å². The number of pyridine rings is 1. The minimum Gasteiger partial charge on any atom is -0.302 e. The summed E-state index contributed by atoms with van der Waals surface area (Å²) in [5, 5.41) is 0. The van der Waals surface area contributed by atoms with Crippen LogP contribution in [0.15, 0.2) is 39.1 Å². The lowest BCUT2D eigenvalue weighted by Gasteiger charge is -2.19. The lowest BCUT2D eigenvalue weighted by molar-refractivity contribution is 0.581. The first kappa shape index (κ1) is 14.5. The van der Waals surface area contributed by atoms with Crippen LogP contribution in [0.5, 0.6) is 0 Å². The van der Waals surface area contributed by atoms with Crippen LogP contribution < -0.4 is 15.6 Å². The summed E-state index contributed by atoms with van der Waals surface area (Å²) in [5.74, 6) is 0. The summed E-state index contributed by atoms with van der Waals surface area (Å²) in [6.45, 7) is 0.245. The first-order valence-electron chi connectivity index (χ1n) is 6.56. The predicted molar refractivity (Wildman–Crippen MR) is 79.4 cm³/mol. The third-order valence-electron chi connectivity index (χ3n) is 3.71. The van der Waals surface area contributed by atoms with Gasteiger partial charge in [0.1, 0.15) is 0 Å². The van der Waals surface area contributed by atoms with Crippen molar-refractivity contribution in [3.05, 3.63) is 51.1 Å². The number of sulfonamides is 1. The van der Waals surface area contributed by atoms with E-state index in [4.69, 9.17) is 0 Å². The van der Waals surface area contributed by atoms with Gasteiger partial charge in [0.05, 0.1) is 5.69 Å². The third kappa shape index (κ3) is 1.97. The highest BCUT2D eigenvalue weighted by atomic mass is 32.2. The Bertz CT molecular complexity index is 974. The monoisotopic (exact) mass is 322 g/mol. The summed E-state index contributed by atoms with van der Waals surface area (Å²) in [5.41, 5.74) is -0.0702. The minimum atomic E-state index is -4.03. The number of fused-ring (bicyclic) bond motifs is 1. The van der Waals surface area contributed by atoms with Gasteiger partial charge in [-0.2, -0.15) is 0 Å². The molecule has 22 heavy (non-hydrogen) atoms. The molecule has 0 aliphatic carbocycles. The van der Waals surface area contributed by atoms with Crippen LogP contribution in [-0.4, -0.2) is 29.1 Å². The van der Waals surface area contributed by atoms with Crippen LogP contribution in [0.1, 0.15) is 5.56 Å². The minimum absolute atomic E-state index is 0.245. The first-order chi connectivity index (χ1) is 10.3. The molecule has 0 unspecified atom stereocenters. The Morgan fingerprint density at radius 1 is 1.23 bits per heavy atom. The van der Waals surface area contributed by atoms with Crippen LogP contribution >= 0.6 is 0 Å². The largest absolute Gasteiger partial charge is 0.330 e. The van der Waals surface area contributed by atoms with Crippen molar-refractivity contribution in [2.24, 2.45) is 14.1 Å². The van der Waals surface area contributed by atoms with E-state index in [9.17, 15) is 18.0 Å². The molecule has 2 aromatic heterocycles. The van der Waals surface area contributed by atoms with Crippen molar-refractivity contribution >= 4 is 15.7 Å². The number of rotatable bonds is 2. The van der Waals surface area contributed by atoms with Crippen LogP contribution in [0.2, 0.25) is 0 Å². The van der Waals surface area contributed by atoms with Crippen LogP contribution in [0.25, 0.3) is 0 Å². The van der Waals surface area contributed by atoms with Gasteiger partial charge in [0.15, 0.2) is 4.90 Å². The molecular formula is C13H14N4O4S. The van der Waals surface area contributed by atoms with E-state index < -0.39 is 26.2 Å². The number of aromatic nitrogens is 3. The summed E-state index contributed by atoms with van der Waals surface area (Å²) in [6.07, 6.45) is 4.73. The van der Waals surface area contributed by atoms with E-state index in [0.29, 0.717) is 12.1 Å². The van der Waals surface area contributed by atoms with Crippen molar-refractivity contribution in [2.45, 2.75) is 11.3 Å². The van der Waals surface area contributed by atoms with Gasteiger partial charge in [-0.15, -0.1) is 0 Å². The molecule has 3 rings (SSSR count). The highest BCUT2D eigenvalue weighted by Gasteiger charge is 2.33. The average molecular weight is 322 g/mol. The number of hydrogen-bond acceptors (Lipinski definition) is 5. The Morgan fingerprint density at radius 2 is 1.95 bits per heavy atom. The van der Waals surface area contributed by atoms with Crippen LogP contribution in [0, 0.1) is 0 Å². The van der Waals surface area contributed by atoms with Gasteiger partial charge in [-0.3, -0.25) is 18.7 Å². The molecule has 0 radical (unpaired) electrons. The molecule has 0 amide bonds. The van der Waals surface area contributed by atoms with Gasteiger partial charge >= 0.3 is 5.69 Å². The zero-order valence-electron chi connectivity index (χ0n) is 12.1. The second-order valence-corrected chi connectivity index (χ2v) is 6.91. The van der Waals surface area contributed by atoms with Gasteiger partial charge in [-0.1, -0.05) is 0 Å². The molecule has 116 valence electrons. The zero-order valence-corrected chi connectivity index (χ0v) is 12.9. The van der Waals surface area contributed by atoms with Gasteiger partial charge in [0.2, 0.25) is 0 Å². The fraction of sp³-hybridized carbons (Fsp3) is 0.308. The van der Waals surface area contributed by atoms with Gasteiger partial charge in [0.25, 0.3) is 15.6 Å². The Labute approximate surface area is 126 Å². The van der Waals surface area contributed by atoms with Crippen LogP contribution in [0.4, 0.5) is 5.69 Å². The summed E-state index contributed by atoms with van der Waals surface area (Å²) in [7, 11) is -1.37. The number of nitrogens with zero attached hydrogens (tertiary/aromatic N) is 4. The lowest BCUT2D eigenvalue weighted by atomic mass is 10.2. The number of anilines is 1. The maximum absolute atomic E-state index is 12.8. The number of hydrogen-bond donors (Lipinski definition) is 0. The summed E-state index contributed by atoms with van der Waals surface area (Å²) in [4.78, 5) is 27.4. The molecule has 0 aromatic carbocycles. The highest BCUT2D eigenvalue weighted by molar-refractivity contribution is 7.92.